The number of carbonyl (C=O) groups is 1. The van der Waals surface area contributed by atoms with Crippen molar-refractivity contribution in [3.8, 4) is 5.75 Å². The Balaban J connectivity index is 1.37. The van der Waals surface area contributed by atoms with Gasteiger partial charge in [-0.05, 0) is 24.3 Å². The number of hydrogen-bond donors (Lipinski definition) is 0. The van der Waals surface area contributed by atoms with Gasteiger partial charge >= 0.3 is 0 Å². The lowest BCUT2D eigenvalue weighted by Crippen LogP contribution is -2.52. The van der Waals surface area contributed by atoms with Gasteiger partial charge in [0.2, 0.25) is 5.91 Å². The molecule has 0 spiro atoms. The van der Waals surface area contributed by atoms with E-state index in [0.717, 1.165) is 44.2 Å². The Kier molecular flexibility index (Phi) is 5.67. The monoisotopic (exact) mass is 397 g/mol. The fourth-order valence-electron chi connectivity index (χ4n) is 3.92. The molecular formula is C22H27N3O2S. The van der Waals surface area contributed by atoms with Crippen molar-refractivity contribution in [2.45, 2.75) is 17.1 Å². The molecule has 0 aromatic heterocycles. The number of carbonyl (C=O) groups excluding carboxylic acids is 1. The molecular weight excluding hydrogens is 370 g/mol. The number of hydrogen-bond acceptors (Lipinski definition) is 5. The summed E-state index contributed by atoms with van der Waals surface area (Å²) in [5.41, 5.74) is 2.34. The first-order valence-electron chi connectivity index (χ1n) is 9.81. The zero-order chi connectivity index (χ0) is 19.5. The number of piperazine rings is 1. The fraction of sp³-hybridized carbons (Fsp3) is 0.409. The van der Waals surface area contributed by atoms with Crippen LogP contribution in [0.2, 0.25) is 0 Å². The van der Waals surface area contributed by atoms with Gasteiger partial charge < -0.3 is 19.4 Å². The first-order chi connectivity index (χ1) is 13.6. The summed E-state index contributed by atoms with van der Waals surface area (Å²) in [7, 11) is 1.69. The molecule has 2 aliphatic rings. The number of rotatable bonds is 4. The van der Waals surface area contributed by atoms with Crippen LogP contribution in [0.3, 0.4) is 0 Å². The minimum absolute atomic E-state index is 0.221. The Bertz CT molecular complexity index is 836. The zero-order valence-corrected chi connectivity index (χ0v) is 17.3. The molecule has 1 unspecified atom stereocenters. The van der Waals surface area contributed by atoms with Gasteiger partial charge in [0.15, 0.2) is 0 Å². The number of benzene rings is 2. The molecule has 1 atom stereocenters. The van der Waals surface area contributed by atoms with Gasteiger partial charge in [-0.2, -0.15) is 0 Å². The van der Waals surface area contributed by atoms with Crippen LogP contribution in [0.5, 0.6) is 5.75 Å². The minimum atomic E-state index is 0.221. The van der Waals surface area contributed by atoms with Crippen LogP contribution < -0.4 is 14.5 Å². The van der Waals surface area contributed by atoms with Gasteiger partial charge in [-0.25, -0.2) is 0 Å². The van der Waals surface area contributed by atoms with E-state index >= 15 is 0 Å². The van der Waals surface area contributed by atoms with E-state index < -0.39 is 0 Å². The van der Waals surface area contributed by atoms with Crippen molar-refractivity contribution >= 4 is 29.0 Å². The molecule has 2 aliphatic heterocycles. The van der Waals surface area contributed by atoms with Crippen molar-refractivity contribution in [2.24, 2.45) is 0 Å². The average molecular weight is 398 g/mol. The lowest BCUT2D eigenvalue weighted by atomic mass is 10.2. The molecule has 0 aliphatic carbocycles. The van der Waals surface area contributed by atoms with Crippen LogP contribution in [0.25, 0.3) is 0 Å². The van der Waals surface area contributed by atoms with Crippen molar-refractivity contribution in [3.05, 3.63) is 48.5 Å². The molecule has 2 aromatic rings. The normalized spacial score (nSPS) is 19.4. The largest absolute Gasteiger partial charge is 0.497 e. The van der Waals surface area contributed by atoms with Crippen molar-refractivity contribution in [1.29, 1.82) is 0 Å². The number of nitrogens with zero attached hydrogens (tertiary/aromatic N) is 3. The Hall–Kier alpha value is -2.34. The van der Waals surface area contributed by atoms with Gasteiger partial charge in [-0.15, -0.1) is 11.8 Å². The highest BCUT2D eigenvalue weighted by atomic mass is 32.2. The first-order valence-corrected chi connectivity index (χ1v) is 10.7. The van der Waals surface area contributed by atoms with Crippen molar-refractivity contribution in [1.82, 2.24) is 4.90 Å². The number of amides is 1. The van der Waals surface area contributed by atoms with Crippen LogP contribution in [0.1, 0.15) is 6.92 Å². The minimum Gasteiger partial charge on any atom is -0.497 e. The van der Waals surface area contributed by atoms with Gasteiger partial charge in [0.05, 0.1) is 19.3 Å². The molecule has 2 aromatic carbocycles. The lowest BCUT2D eigenvalue weighted by molar-refractivity contribution is -0.130. The van der Waals surface area contributed by atoms with E-state index in [-0.39, 0.29) is 5.91 Å². The predicted octanol–water partition coefficient (Wildman–Crippen LogP) is 3.34. The summed E-state index contributed by atoms with van der Waals surface area (Å²) < 4.78 is 5.33. The molecule has 28 heavy (non-hydrogen) atoms. The standard InChI is InChI=1S/C22H27N3O2S/c1-17-15-25(20-8-3-4-9-21(20)28-17)16-22(26)24-12-10-23(11-13-24)18-6-5-7-19(14-18)27-2/h3-9,14,17H,10-13,15-16H2,1-2H3. The van der Waals surface area contributed by atoms with Crippen LogP contribution in [-0.4, -0.2) is 62.4 Å². The SMILES string of the molecule is COc1cccc(N2CCN(C(=O)CN3CC(C)Sc4ccccc43)CC2)c1. The average Bonchev–Trinajstić information content (AvgIpc) is 2.73. The van der Waals surface area contributed by atoms with Crippen LogP contribution in [-0.2, 0) is 4.79 Å². The Morgan fingerprint density at radius 2 is 1.89 bits per heavy atom. The van der Waals surface area contributed by atoms with E-state index in [9.17, 15) is 4.79 Å². The second-order valence-electron chi connectivity index (χ2n) is 7.35. The Morgan fingerprint density at radius 1 is 1.11 bits per heavy atom. The van der Waals surface area contributed by atoms with Crippen LogP contribution in [0.4, 0.5) is 11.4 Å². The Morgan fingerprint density at radius 3 is 2.68 bits per heavy atom. The summed E-state index contributed by atoms with van der Waals surface area (Å²) in [6, 6.07) is 16.5. The van der Waals surface area contributed by atoms with E-state index in [4.69, 9.17) is 4.74 Å². The second kappa shape index (κ2) is 8.35. The molecule has 1 amide bonds. The summed E-state index contributed by atoms with van der Waals surface area (Å²) in [6.07, 6.45) is 0. The molecule has 0 saturated carbocycles. The van der Waals surface area contributed by atoms with E-state index in [2.05, 4.69) is 53.1 Å². The number of fused-ring (bicyclic) bond motifs is 1. The van der Waals surface area contributed by atoms with Gasteiger partial charge in [0.1, 0.15) is 5.75 Å². The van der Waals surface area contributed by atoms with Gasteiger partial charge in [-0.3, -0.25) is 4.79 Å². The summed E-state index contributed by atoms with van der Waals surface area (Å²) >= 11 is 1.90. The highest BCUT2D eigenvalue weighted by molar-refractivity contribution is 8.00. The Labute approximate surface area is 171 Å². The van der Waals surface area contributed by atoms with Crippen molar-refractivity contribution in [3.63, 3.8) is 0 Å². The maximum atomic E-state index is 13.0. The van der Waals surface area contributed by atoms with Gasteiger partial charge in [0.25, 0.3) is 0 Å². The third-order valence-electron chi connectivity index (χ3n) is 5.39. The highest BCUT2D eigenvalue weighted by Crippen LogP contribution is 2.38. The molecule has 148 valence electrons. The number of para-hydroxylation sites is 1. The number of methoxy groups -OCH3 is 1. The second-order valence-corrected chi connectivity index (χ2v) is 8.83. The smallest absolute Gasteiger partial charge is 0.242 e. The molecule has 0 radical (unpaired) electrons. The fourth-order valence-corrected chi connectivity index (χ4v) is 5.08. The molecule has 5 nitrogen and oxygen atoms in total. The summed E-state index contributed by atoms with van der Waals surface area (Å²) in [6.45, 7) is 6.82. The van der Waals surface area contributed by atoms with Crippen LogP contribution >= 0.6 is 11.8 Å². The topological polar surface area (TPSA) is 36.0 Å². The highest BCUT2D eigenvalue weighted by Gasteiger charge is 2.27. The van der Waals surface area contributed by atoms with E-state index in [0.29, 0.717) is 11.8 Å². The van der Waals surface area contributed by atoms with E-state index in [1.54, 1.807) is 7.11 Å². The zero-order valence-electron chi connectivity index (χ0n) is 16.5. The molecule has 6 heteroatoms. The van der Waals surface area contributed by atoms with Crippen molar-refractivity contribution < 1.29 is 9.53 Å². The van der Waals surface area contributed by atoms with Gasteiger partial charge in [0, 0.05) is 54.6 Å². The van der Waals surface area contributed by atoms with Gasteiger partial charge in [-0.1, -0.05) is 25.1 Å². The molecule has 0 bridgehead atoms. The molecule has 2 heterocycles. The lowest BCUT2D eigenvalue weighted by Gasteiger charge is -2.39. The van der Waals surface area contributed by atoms with Crippen LogP contribution in [0, 0.1) is 0 Å². The third kappa shape index (κ3) is 4.07. The molecule has 0 N–H and O–H groups in total. The molecule has 1 fully saturated rings. The maximum absolute atomic E-state index is 13.0. The number of ether oxygens (including phenoxy) is 1. The van der Waals surface area contributed by atoms with E-state index in [1.807, 2.05) is 28.8 Å². The third-order valence-corrected chi connectivity index (χ3v) is 6.54. The molecule has 4 rings (SSSR count). The van der Waals surface area contributed by atoms with E-state index in [1.165, 1.54) is 10.6 Å². The summed E-state index contributed by atoms with van der Waals surface area (Å²) in [4.78, 5) is 20.8. The van der Waals surface area contributed by atoms with Crippen molar-refractivity contribution in [2.75, 3.05) is 56.2 Å². The molecule has 1 saturated heterocycles. The number of thioether (sulfide) groups is 1. The quantitative estimate of drug-likeness (QED) is 0.791. The maximum Gasteiger partial charge on any atom is 0.242 e. The first kappa shape index (κ1) is 19.0. The summed E-state index contributed by atoms with van der Waals surface area (Å²) in [5, 5.41) is 0.493. The summed E-state index contributed by atoms with van der Waals surface area (Å²) in [5.74, 6) is 1.09. The number of anilines is 2. The van der Waals surface area contributed by atoms with Crippen LogP contribution in [0.15, 0.2) is 53.4 Å². The predicted molar refractivity (Wildman–Crippen MR) is 116 cm³/mol.